The Kier molecular flexibility index (Phi) is 3.74. The summed E-state index contributed by atoms with van der Waals surface area (Å²) >= 11 is 0. The minimum absolute atomic E-state index is 0.254. The Morgan fingerprint density at radius 2 is 1.78 bits per heavy atom. The Bertz CT molecular complexity index is 1290. The van der Waals surface area contributed by atoms with Crippen LogP contribution in [-0.4, -0.2) is 13.4 Å². The molecule has 27 heavy (non-hydrogen) atoms. The van der Waals surface area contributed by atoms with E-state index in [0.29, 0.717) is 4.90 Å². The Morgan fingerprint density at radius 1 is 0.926 bits per heavy atom. The van der Waals surface area contributed by atoms with Crippen LogP contribution in [0, 0.1) is 0 Å². The number of hydrogen-bond donors (Lipinski definition) is 1. The molecule has 1 aliphatic carbocycles. The second-order valence-electron chi connectivity index (χ2n) is 6.94. The fourth-order valence-electron chi connectivity index (χ4n) is 3.95. The van der Waals surface area contributed by atoms with Crippen molar-refractivity contribution in [2.45, 2.75) is 24.3 Å². The first kappa shape index (κ1) is 16.4. The molecule has 0 unspecified atom stereocenters. The molecular weight excluding hydrogens is 356 g/mol. The lowest BCUT2D eigenvalue weighted by Crippen LogP contribution is -2.23. The lowest BCUT2D eigenvalue weighted by atomic mass is 10.1. The van der Waals surface area contributed by atoms with Crippen LogP contribution in [0.4, 0.5) is 0 Å². The van der Waals surface area contributed by atoms with E-state index in [4.69, 9.17) is 0 Å². The highest BCUT2D eigenvalue weighted by Crippen LogP contribution is 2.34. The third-order valence-electron chi connectivity index (χ3n) is 5.30. The summed E-state index contributed by atoms with van der Waals surface area (Å²) in [6.07, 6.45) is 5.50. The molecule has 4 nitrogen and oxygen atoms in total. The topological polar surface area (TPSA) is 59.1 Å². The van der Waals surface area contributed by atoms with Gasteiger partial charge in [-0.25, -0.2) is 13.1 Å². The van der Waals surface area contributed by atoms with E-state index in [2.05, 4.69) is 15.8 Å². The van der Waals surface area contributed by atoms with Crippen LogP contribution in [0.25, 0.3) is 21.5 Å². The van der Waals surface area contributed by atoms with Gasteiger partial charge < -0.3 is 0 Å². The van der Waals surface area contributed by atoms with E-state index in [9.17, 15) is 8.42 Å². The van der Waals surface area contributed by atoms with Crippen LogP contribution >= 0.6 is 0 Å². The number of pyridine rings is 1. The Balaban J connectivity index is 1.49. The van der Waals surface area contributed by atoms with Crippen LogP contribution in [0.1, 0.15) is 16.7 Å². The highest BCUT2D eigenvalue weighted by Gasteiger charge is 2.22. The average molecular weight is 374 g/mol. The highest BCUT2D eigenvalue weighted by molar-refractivity contribution is 7.89. The minimum Gasteiger partial charge on any atom is -0.264 e. The molecule has 0 aliphatic heterocycles. The second kappa shape index (κ2) is 6.15. The molecule has 3 aromatic carbocycles. The SMILES string of the molecule is O=S(=O)(NCc1ccc2cnccc2c1)c1ccc2c3c(cccc13)CC2. The summed E-state index contributed by atoms with van der Waals surface area (Å²) in [5, 5.41) is 4.02. The number of nitrogens with zero attached hydrogens (tertiary/aromatic N) is 1. The normalized spacial score (nSPS) is 13.5. The summed E-state index contributed by atoms with van der Waals surface area (Å²) < 4.78 is 28.8. The van der Waals surface area contributed by atoms with E-state index in [1.165, 1.54) is 11.1 Å². The van der Waals surface area contributed by atoms with Crippen LogP contribution in [0.2, 0.25) is 0 Å². The summed E-state index contributed by atoms with van der Waals surface area (Å²) in [6, 6.07) is 17.5. The van der Waals surface area contributed by atoms with Crippen LogP contribution in [0.3, 0.4) is 0 Å². The number of nitrogens with one attached hydrogen (secondary N) is 1. The maximum absolute atomic E-state index is 13.0. The Hall–Kier alpha value is -2.76. The summed E-state index contributed by atoms with van der Waals surface area (Å²) in [5.41, 5.74) is 3.40. The lowest BCUT2D eigenvalue weighted by molar-refractivity contribution is 0.582. The van der Waals surface area contributed by atoms with Crippen molar-refractivity contribution in [3.63, 3.8) is 0 Å². The second-order valence-corrected chi connectivity index (χ2v) is 8.68. The summed E-state index contributed by atoms with van der Waals surface area (Å²) in [5.74, 6) is 0. The molecule has 134 valence electrons. The monoisotopic (exact) mass is 374 g/mol. The zero-order valence-electron chi connectivity index (χ0n) is 14.6. The predicted octanol–water partition coefficient (Wildman–Crippen LogP) is 3.97. The van der Waals surface area contributed by atoms with Crippen molar-refractivity contribution in [2.75, 3.05) is 0 Å². The van der Waals surface area contributed by atoms with E-state index in [-0.39, 0.29) is 6.54 Å². The van der Waals surface area contributed by atoms with Crippen LogP contribution < -0.4 is 4.72 Å². The van der Waals surface area contributed by atoms with Gasteiger partial charge in [-0.05, 0) is 58.5 Å². The molecule has 0 atom stereocenters. The molecule has 5 heteroatoms. The zero-order chi connectivity index (χ0) is 18.4. The van der Waals surface area contributed by atoms with Crippen molar-refractivity contribution in [1.82, 2.24) is 9.71 Å². The molecule has 0 spiro atoms. The quantitative estimate of drug-likeness (QED) is 0.588. The summed E-state index contributed by atoms with van der Waals surface area (Å²) in [7, 11) is -3.61. The number of sulfonamides is 1. The number of aromatic nitrogens is 1. The fraction of sp³-hybridized carbons (Fsp3) is 0.136. The first-order valence-electron chi connectivity index (χ1n) is 8.98. The van der Waals surface area contributed by atoms with Crippen molar-refractivity contribution in [2.24, 2.45) is 0 Å². The zero-order valence-corrected chi connectivity index (χ0v) is 15.5. The molecule has 5 rings (SSSR count). The molecule has 0 fully saturated rings. The molecule has 0 bridgehead atoms. The third kappa shape index (κ3) is 2.80. The van der Waals surface area contributed by atoms with E-state index in [1.807, 2.05) is 42.5 Å². The van der Waals surface area contributed by atoms with Crippen molar-refractivity contribution in [3.8, 4) is 0 Å². The molecule has 1 aromatic heterocycles. The fourth-order valence-corrected chi connectivity index (χ4v) is 5.17. The van der Waals surface area contributed by atoms with E-state index < -0.39 is 10.0 Å². The molecule has 0 amide bonds. The van der Waals surface area contributed by atoms with E-state index in [1.54, 1.807) is 18.5 Å². The Labute approximate surface area is 157 Å². The van der Waals surface area contributed by atoms with Gasteiger partial charge in [0, 0.05) is 29.7 Å². The maximum Gasteiger partial charge on any atom is 0.241 e. The largest absolute Gasteiger partial charge is 0.264 e. The van der Waals surface area contributed by atoms with Gasteiger partial charge >= 0.3 is 0 Å². The molecule has 0 saturated carbocycles. The van der Waals surface area contributed by atoms with Gasteiger partial charge in [0.05, 0.1) is 4.90 Å². The van der Waals surface area contributed by atoms with Gasteiger partial charge in [-0.2, -0.15) is 0 Å². The van der Waals surface area contributed by atoms with Gasteiger partial charge in [0.25, 0.3) is 0 Å². The van der Waals surface area contributed by atoms with Crippen molar-refractivity contribution in [1.29, 1.82) is 0 Å². The smallest absolute Gasteiger partial charge is 0.241 e. The van der Waals surface area contributed by atoms with Crippen molar-refractivity contribution < 1.29 is 8.42 Å². The van der Waals surface area contributed by atoms with E-state index >= 15 is 0 Å². The molecule has 1 heterocycles. The third-order valence-corrected chi connectivity index (χ3v) is 6.76. The number of aryl methyl sites for hydroxylation is 2. The average Bonchev–Trinajstić information content (AvgIpc) is 3.11. The van der Waals surface area contributed by atoms with Gasteiger partial charge in [0.2, 0.25) is 10.0 Å². The number of benzene rings is 3. The molecule has 1 aliphatic rings. The minimum atomic E-state index is -3.61. The van der Waals surface area contributed by atoms with Gasteiger partial charge in [0.15, 0.2) is 0 Å². The number of fused-ring (bicyclic) bond motifs is 1. The lowest BCUT2D eigenvalue weighted by Gasteiger charge is -2.11. The van der Waals surface area contributed by atoms with E-state index in [0.717, 1.165) is 39.9 Å². The standard InChI is InChI=1S/C22H18N2O2S/c25-27(26,24-13-15-4-5-19-14-23-11-10-18(19)12-15)21-9-8-17-7-6-16-2-1-3-20(21)22(16)17/h1-5,8-12,14,24H,6-7,13H2. The van der Waals surface area contributed by atoms with Crippen LogP contribution in [0.5, 0.6) is 0 Å². The number of hydrogen-bond acceptors (Lipinski definition) is 3. The van der Waals surface area contributed by atoms with Crippen LogP contribution in [0.15, 0.2) is 71.9 Å². The van der Waals surface area contributed by atoms with Gasteiger partial charge in [-0.15, -0.1) is 0 Å². The first-order chi connectivity index (χ1) is 13.1. The number of rotatable bonds is 4. The molecule has 1 N–H and O–H groups in total. The molecule has 0 radical (unpaired) electrons. The van der Waals surface area contributed by atoms with Gasteiger partial charge in [-0.1, -0.05) is 36.4 Å². The molecule has 0 saturated heterocycles. The Morgan fingerprint density at radius 3 is 2.67 bits per heavy atom. The summed E-state index contributed by atoms with van der Waals surface area (Å²) in [4.78, 5) is 4.46. The highest BCUT2D eigenvalue weighted by atomic mass is 32.2. The van der Waals surface area contributed by atoms with Crippen LogP contribution in [-0.2, 0) is 29.4 Å². The predicted molar refractivity (Wildman–Crippen MR) is 107 cm³/mol. The molecule has 4 aromatic rings. The molecular formula is C22H18N2O2S. The van der Waals surface area contributed by atoms with Crippen molar-refractivity contribution >= 4 is 31.6 Å². The van der Waals surface area contributed by atoms with Gasteiger partial charge in [-0.3, -0.25) is 4.98 Å². The first-order valence-corrected chi connectivity index (χ1v) is 10.5. The van der Waals surface area contributed by atoms with Crippen molar-refractivity contribution in [3.05, 3.63) is 83.7 Å². The van der Waals surface area contributed by atoms with Gasteiger partial charge in [0.1, 0.15) is 0 Å². The summed E-state index contributed by atoms with van der Waals surface area (Å²) in [6.45, 7) is 0.254. The maximum atomic E-state index is 13.0.